The van der Waals surface area contributed by atoms with Crippen LogP contribution in [0.5, 0.6) is 0 Å². The fourth-order valence-electron chi connectivity index (χ4n) is 3.92. The average Bonchev–Trinajstić information content (AvgIpc) is 3.45. The normalized spacial score (nSPS) is 10.3. The first kappa shape index (κ1) is 30.3. The lowest BCUT2D eigenvalue weighted by Crippen LogP contribution is -2.04. The van der Waals surface area contributed by atoms with Crippen molar-refractivity contribution in [3.63, 3.8) is 0 Å². The molecule has 5 aromatic rings. The maximum atomic E-state index is 10.1. The molecule has 3 heterocycles. The molecule has 3 aromatic heterocycles. The summed E-state index contributed by atoms with van der Waals surface area (Å²) in [5, 5.41) is 28.8. The van der Waals surface area contributed by atoms with Crippen LogP contribution in [0.4, 0.5) is 5.82 Å². The van der Waals surface area contributed by atoms with Crippen molar-refractivity contribution < 1.29 is 9.52 Å². The lowest BCUT2D eigenvalue weighted by molar-refractivity contribution is 0.295. The highest BCUT2D eigenvalue weighted by atomic mass is 35.5. The first-order valence-corrected chi connectivity index (χ1v) is 14.4. The monoisotopic (exact) mass is 594 g/mol. The molecule has 10 heteroatoms. The molecule has 210 valence electrons. The van der Waals surface area contributed by atoms with E-state index in [9.17, 15) is 10.5 Å². The zero-order valence-electron chi connectivity index (χ0n) is 23.0. The van der Waals surface area contributed by atoms with Gasteiger partial charge in [0, 0.05) is 51.5 Å². The summed E-state index contributed by atoms with van der Waals surface area (Å²) in [6.07, 6.45) is 2.50. The number of nitriles is 2. The second kappa shape index (κ2) is 14.3. The van der Waals surface area contributed by atoms with Gasteiger partial charge in [0.1, 0.15) is 28.5 Å². The molecule has 0 radical (unpaired) electrons. The molecule has 0 unspecified atom stereocenters. The molecule has 0 bridgehead atoms. The predicted octanol–water partition coefficient (Wildman–Crippen LogP) is 7.43. The molecule has 0 fully saturated rings. The molecule has 3 N–H and O–H groups in total. The number of halogens is 1. The zero-order valence-corrected chi connectivity index (χ0v) is 24.6. The average molecular weight is 595 g/mol. The Bertz CT molecular complexity index is 1740. The van der Waals surface area contributed by atoms with Gasteiger partial charge in [-0.1, -0.05) is 66.7 Å². The van der Waals surface area contributed by atoms with E-state index in [1.54, 1.807) is 18.3 Å². The number of nitrogens with two attached hydrogens (primary N) is 1. The summed E-state index contributed by atoms with van der Waals surface area (Å²) >= 11 is 7.36. The molecule has 42 heavy (non-hydrogen) atoms. The largest absolute Gasteiger partial charge is 0.436 e. The van der Waals surface area contributed by atoms with Crippen molar-refractivity contribution in [3.8, 4) is 46.0 Å². The van der Waals surface area contributed by atoms with Crippen LogP contribution in [0, 0.1) is 29.6 Å². The number of nitrogens with zero attached hydrogens (tertiary/aromatic N) is 5. The highest BCUT2D eigenvalue weighted by molar-refractivity contribution is 7.98. The number of anilines is 1. The Morgan fingerprint density at radius 1 is 0.929 bits per heavy atom. The molecular weight excluding hydrogens is 568 g/mol. The Balaban J connectivity index is 0.000000952. The van der Waals surface area contributed by atoms with Crippen LogP contribution in [0.25, 0.3) is 33.9 Å². The number of pyridine rings is 2. The van der Waals surface area contributed by atoms with Gasteiger partial charge in [-0.25, -0.2) is 9.97 Å². The highest BCUT2D eigenvalue weighted by Crippen LogP contribution is 2.38. The van der Waals surface area contributed by atoms with Gasteiger partial charge in [-0.3, -0.25) is 4.98 Å². The van der Waals surface area contributed by atoms with Gasteiger partial charge >= 0.3 is 0 Å². The summed E-state index contributed by atoms with van der Waals surface area (Å²) in [5.74, 6) is 1.47. The van der Waals surface area contributed by atoms with Crippen molar-refractivity contribution >= 4 is 29.2 Å². The smallest absolute Gasteiger partial charge is 0.227 e. The molecule has 0 aliphatic heterocycles. The molecule has 0 aliphatic rings. The van der Waals surface area contributed by atoms with E-state index >= 15 is 0 Å². The number of rotatable bonds is 7. The van der Waals surface area contributed by atoms with Crippen LogP contribution in [0.15, 0.2) is 82.4 Å². The number of aliphatic hydroxyl groups is 1. The third kappa shape index (κ3) is 6.96. The second-order valence-electron chi connectivity index (χ2n) is 9.02. The van der Waals surface area contributed by atoms with Gasteiger partial charge in [0.25, 0.3) is 0 Å². The van der Waals surface area contributed by atoms with Gasteiger partial charge in [0.05, 0.1) is 11.3 Å². The fourth-order valence-corrected chi connectivity index (χ4v) is 4.97. The molecule has 0 saturated carbocycles. The molecule has 0 atom stereocenters. The van der Waals surface area contributed by atoms with Crippen molar-refractivity contribution in [2.45, 2.75) is 31.0 Å². The predicted molar refractivity (Wildman–Crippen MR) is 165 cm³/mol. The topological polar surface area (TPSA) is 146 Å². The summed E-state index contributed by atoms with van der Waals surface area (Å²) in [5.41, 5.74) is 10.8. The van der Waals surface area contributed by atoms with Gasteiger partial charge in [-0.2, -0.15) is 10.5 Å². The number of oxazole rings is 1. The summed E-state index contributed by atoms with van der Waals surface area (Å²) in [6, 6.07) is 24.9. The van der Waals surface area contributed by atoms with Crippen LogP contribution in [-0.4, -0.2) is 26.7 Å². The Morgan fingerprint density at radius 3 is 2.19 bits per heavy atom. The molecule has 5 rings (SSSR count). The molecule has 0 amide bonds. The number of benzene rings is 2. The molecule has 8 nitrogen and oxygen atoms in total. The summed E-state index contributed by atoms with van der Waals surface area (Å²) < 4.78 is 6.21. The molecule has 0 spiro atoms. The van der Waals surface area contributed by atoms with E-state index in [4.69, 9.17) is 31.8 Å². The van der Waals surface area contributed by atoms with E-state index in [1.165, 1.54) is 11.8 Å². The Kier molecular flexibility index (Phi) is 10.3. The first-order valence-electron chi connectivity index (χ1n) is 13.0. The van der Waals surface area contributed by atoms with E-state index in [0.717, 1.165) is 23.2 Å². The van der Waals surface area contributed by atoms with Gasteiger partial charge in [0.15, 0.2) is 5.76 Å². The van der Waals surface area contributed by atoms with Crippen molar-refractivity contribution in [1.29, 1.82) is 10.5 Å². The van der Waals surface area contributed by atoms with E-state index in [2.05, 4.69) is 22.1 Å². The van der Waals surface area contributed by atoms with E-state index < -0.39 is 0 Å². The number of hydrogen-bond donors (Lipinski definition) is 2. The Morgan fingerprint density at radius 2 is 1.60 bits per heavy atom. The lowest BCUT2D eigenvalue weighted by Gasteiger charge is -2.12. The van der Waals surface area contributed by atoms with Gasteiger partial charge < -0.3 is 15.3 Å². The van der Waals surface area contributed by atoms with E-state index in [0.29, 0.717) is 50.9 Å². The Hall–Kier alpha value is -4.67. The Labute approximate surface area is 253 Å². The van der Waals surface area contributed by atoms with Gasteiger partial charge in [-0.15, -0.1) is 0 Å². The van der Waals surface area contributed by atoms with Crippen LogP contribution < -0.4 is 5.73 Å². The third-order valence-corrected chi connectivity index (χ3v) is 7.25. The quantitative estimate of drug-likeness (QED) is 0.183. The SMILES string of the molecule is CCCO.Cc1ccc(-c2c(C#N)c(N)nc(SCc3nc(-c4ccc(Cl)cc4)oc3-c3ccccc3)c2C#N)cn1. The van der Waals surface area contributed by atoms with Crippen LogP contribution >= 0.6 is 23.4 Å². The zero-order chi connectivity index (χ0) is 30.1. The number of aliphatic hydroxyl groups excluding tert-OH is 1. The second-order valence-corrected chi connectivity index (χ2v) is 10.4. The molecule has 2 aromatic carbocycles. The number of aromatic nitrogens is 3. The number of aryl methyl sites for hydroxylation is 1. The van der Waals surface area contributed by atoms with Crippen molar-refractivity contribution in [2.75, 3.05) is 12.3 Å². The number of thioether (sulfide) groups is 1. The summed E-state index contributed by atoms with van der Waals surface area (Å²) in [6.45, 7) is 4.11. The first-order chi connectivity index (χ1) is 20.4. The maximum absolute atomic E-state index is 10.1. The maximum Gasteiger partial charge on any atom is 0.227 e. The minimum atomic E-state index is 0.0508. The molecular formula is C32H27ClN6O2S. The molecule has 0 aliphatic carbocycles. The standard InChI is InChI=1S/C29H19ClN6OS.C3H8O/c1-17-7-8-20(15-34-17)25-22(13-31)27(33)36-29(23(25)14-32)38-16-24-26(18-5-3-2-4-6-18)37-28(35-24)19-9-11-21(30)12-10-19;1-2-3-4/h2-12,15H,16H2,1H3,(H2,33,36);4H,2-3H2,1H3. The van der Waals surface area contributed by atoms with Crippen LogP contribution in [0.1, 0.15) is 35.9 Å². The van der Waals surface area contributed by atoms with Gasteiger partial charge in [0.2, 0.25) is 5.89 Å². The third-order valence-electron chi connectivity index (χ3n) is 6.01. The minimum absolute atomic E-state index is 0.0508. The number of nitrogen functional groups attached to an aromatic ring is 1. The van der Waals surface area contributed by atoms with Crippen molar-refractivity contribution in [2.24, 2.45) is 0 Å². The van der Waals surface area contributed by atoms with Crippen LogP contribution in [0.3, 0.4) is 0 Å². The summed E-state index contributed by atoms with van der Waals surface area (Å²) in [4.78, 5) is 13.5. The minimum Gasteiger partial charge on any atom is -0.436 e. The fraction of sp³-hybridized carbons (Fsp3) is 0.156. The van der Waals surface area contributed by atoms with Crippen molar-refractivity contribution in [3.05, 3.63) is 100 Å². The highest BCUT2D eigenvalue weighted by Gasteiger charge is 2.23. The van der Waals surface area contributed by atoms with Crippen molar-refractivity contribution in [1.82, 2.24) is 15.0 Å². The van der Waals surface area contributed by atoms with E-state index in [1.807, 2.05) is 68.4 Å². The van der Waals surface area contributed by atoms with Gasteiger partial charge in [-0.05, 0) is 43.7 Å². The summed E-state index contributed by atoms with van der Waals surface area (Å²) in [7, 11) is 0. The lowest BCUT2D eigenvalue weighted by atomic mass is 9.98. The van der Waals surface area contributed by atoms with E-state index in [-0.39, 0.29) is 16.9 Å². The van der Waals surface area contributed by atoms with Crippen LogP contribution in [0.2, 0.25) is 5.02 Å². The molecule has 0 saturated heterocycles. The number of hydrogen-bond acceptors (Lipinski definition) is 9. The van der Waals surface area contributed by atoms with Crippen LogP contribution in [-0.2, 0) is 5.75 Å².